The minimum absolute atomic E-state index is 0.119. The Balaban J connectivity index is 2.09. The summed E-state index contributed by atoms with van der Waals surface area (Å²) in [6, 6.07) is 7.54. The van der Waals surface area contributed by atoms with E-state index in [2.05, 4.69) is 17.2 Å². The zero-order valence-corrected chi connectivity index (χ0v) is 14.2. The van der Waals surface area contributed by atoms with Crippen molar-refractivity contribution in [1.29, 1.82) is 0 Å². The molecule has 25 heavy (non-hydrogen) atoms. The van der Waals surface area contributed by atoms with Gasteiger partial charge in [0, 0.05) is 11.8 Å². The molecule has 0 fully saturated rings. The maximum absolute atomic E-state index is 12.6. The monoisotopic (exact) mass is 368 g/mol. The van der Waals surface area contributed by atoms with Gasteiger partial charge in [0.05, 0.1) is 10.6 Å². The molecule has 0 aliphatic carbocycles. The third-order valence-electron chi connectivity index (χ3n) is 3.34. The summed E-state index contributed by atoms with van der Waals surface area (Å²) >= 11 is 5.78. The summed E-state index contributed by atoms with van der Waals surface area (Å²) in [5, 5.41) is 2.13. The number of amides is 1. The lowest BCUT2D eigenvalue weighted by molar-refractivity contribution is -0.137. The Hall–Kier alpha value is -2.34. The van der Waals surface area contributed by atoms with Crippen LogP contribution >= 0.6 is 11.6 Å². The van der Waals surface area contributed by atoms with Crippen LogP contribution in [0.5, 0.6) is 0 Å². The molecule has 0 aliphatic rings. The highest BCUT2D eigenvalue weighted by Gasteiger charge is 2.31. The largest absolute Gasteiger partial charge is 0.417 e. The summed E-state index contributed by atoms with van der Waals surface area (Å²) in [6.07, 6.45) is 2.11. The molecule has 2 aromatic rings. The number of aromatic nitrogens is 1. The average Bonchev–Trinajstić information content (AvgIpc) is 2.56. The van der Waals surface area contributed by atoms with Crippen molar-refractivity contribution in [3.63, 3.8) is 0 Å². The van der Waals surface area contributed by atoms with Crippen molar-refractivity contribution in [2.24, 2.45) is 0 Å². The summed E-state index contributed by atoms with van der Waals surface area (Å²) in [4.78, 5) is 15.8. The summed E-state index contributed by atoms with van der Waals surface area (Å²) < 4.78 is 37.8. The van der Waals surface area contributed by atoms with Gasteiger partial charge in [-0.15, -0.1) is 0 Å². The SMILES string of the molecule is CCCC=Cc1ccc(C(=O)Nc2ncc(C(F)(F)F)cc2Cl)cc1. The number of carbonyl (C=O) groups is 1. The first kappa shape index (κ1) is 19.0. The second-order valence-corrected chi connectivity index (χ2v) is 5.73. The van der Waals surface area contributed by atoms with E-state index in [0.29, 0.717) is 11.8 Å². The highest BCUT2D eigenvalue weighted by Crippen LogP contribution is 2.32. The van der Waals surface area contributed by atoms with Crippen LogP contribution in [0.3, 0.4) is 0 Å². The van der Waals surface area contributed by atoms with Crippen LogP contribution in [0.15, 0.2) is 42.6 Å². The Morgan fingerprint density at radius 1 is 1.28 bits per heavy atom. The van der Waals surface area contributed by atoms with E-state index in [1.54, 1.807) is 24.3 Å². The molecule has 1 aromatic carbocycles. The van der Waals surface area contributed by atoms with Crippen molar-refractivity contribution in [2.75, 3.05) is 5.32 Å². The fourth-order valence-corrected chi connectivity index (χ4v) is 2.21. The lowest BCUT2D eigenvalue weighted by Crippen LogP contribution is -2.14. The summed E-state index contributed by atoms with van der Waals surface area (Å²) in [7, 11) is 0. The van der Waals surface area contributed by atoms with Gasteiger partial charge in [-0.25, -0.2) is 4.98 Å². The first-order chi connectivity index (χ1) is 11.8. The number of alkyl halides is 3. The van der Waals surface area contributed by atoms with Crippen LogP contribution in [0.1, 0.15) is 41.3 Å². The Morgan fingerprint density at radius 3 is 2.52 bits per heavy atom. The van der Waals surface area contributed by atoms with Gasteiger partial charge in [0.2, 0.25) is 0 Å². The molecule has 1 heterocycles. The van der Waals surface area contributed by atoms with Gasteiger partial charge in [-0.1, -0.05) is 49.2 Å². The number of unbranched alkanes of at least 4 members (excludes halogenated alkanes) is 1. The molecule has 7 heteroatoms. The third kappa shape index (κ3) is 5.32. The van der Waals surface area contributed by atoms with Crippen LogP contribution in [-0.2, 0) is 6.18 Å². The zero-order chi connectivity index (χ0) is 18.4. The van der Waals surface area contributed by atoms with Gasteiger partial charge < -0.3 is 5.32 Å². The van der Waals surface area contributed by atoms with E-state index in [9.17, 15) is 18.0 Å². The molecule has 132 valence electrons. The Morgan fingerprint density at radius 2 is 1.96 bits per heavy atom. The van der Waals surface area contributed by atoms with E-state index in [0.717, 1.165) is 24.5 Å². The van der Waals surface area contributed by atoms with Crippen molar-refractivity contribution < 1.29 is 18.0 Å². The predicted octanol–water partition coefficient (Wildman–Crippen LogP) is 5.82. The number of nitrogens with zero attached hydrogens (tertiary/aromatic N) is 1. The topological polar surface area (TPSA) is 42.0 Å². The highest BCUT2D eigenvalue weighted by molar-refractivity contribution is 6.33. The lowest BCUT2D eigenvalue weighted by atomic mass is 10.1. The number of carbonyl (C=O) groups excluding carboxylic acids is 1. The molecule has 2 rings (SSSR count). The van der Waals surface area contributed by atoms with Crippen molar-refractivity contribution in [2.45, 2.75) is 25.9 Å². The number of nitrogens with one attached hydrogen (secondary N) is 1. The molecule has 0 atom stereocenters. The highest BCUT2D eigenvalue weighted by atomic mass is 35.5. The molecule has 0 radical (unpaired) electrons. The van der Waals surface area contributed by atoms with Gasteiger partial charge in [0.15, 0.2) is 5.82 Å². The van der Waals surface area contributed by atoms with Gasteiger partial charge in [0.1, 0.15) is 0 Å². The molecule has 0 saturated carbocycles. The predicted molar refractivity (Wildman–Crippen MR) is 92.6 cm³/mol. The number of rotatable bonds is 5. The van der Waals surface area contributed by atoms with Crippen molar-refractivity contribution >= 4 is 29.4 Å². The first-order valence-corrected chi connectivity index (χ1v) is 7.99. The van der Waals surface area contributed by atoms with E-state index in [-0.39, 0.29) is 10.8 Å². The summed E-state index contributed by atoms with van der Waals surface area (Å²) in [5.41, 5.74) is 0.333. The van der Waals surface area contributed by atoms with Crippen LogP contribution in [0, 0.1) is 0 Å². The molecule has 1 aromatic heterocycles. The summed E-state index contributed by atoms with van der Waals surface area (Å²) in [5.74, 6) is -0.621. The van der Waals surface area contributed by atoms with Crippen molar-refractivity contribution in [3.8, 4) is 0 Å². The molecule has 0 aliphatic heterocycles. The number of halogens is 4. The number of pyridine rings is 1. The molecule has 0 bridgehead atoms. The maximum Gasteiger partial charge on any atom is 0.417 e. The van der Waals surface area contributed by atoms with Crippen LogP contribution in [-0.4, -0.2) is 10.9 Å². The zero-order valence-electron chi connectivity index (χ0n) is 13.4. The van der Waals surface area contributed by atoms with Crippen LogP contribution < -0.4 is 5.32 Å². The normalized spacial score (nSPS) is 11.7. The Labute approximate surface area is 148 Å². The number of allylic oxidation sites excluding steroid dienone is 1. The van der Waals surface area contributed by atoms with Crippen LogP contribution in [0.25, 0.3) is 6.08 Å². The van der Waals surface area contributed by atoms with E-state index >= 15 is 0 Å². The number of hydrogen-bond donors (Lipinski definition) is 1. The summed E-state index contributed by atoms with van der Waals surface area (Å²) in [6.45, 7) is 2.08. The third-order valence-corrected chi connectivity index (χ3v) is 3.63. The number of hydrogen-bond acceptors (Lipinski definition) is 2. The number of anilines is 1. The van der Waals surface area contributed by atoms with Gasteiger partial charge in [0.25, 0.3) is 5.91 Å². The van der Waals surface area contributed by atoms with E-state index in [4.69, 9.17) is 11.6 Å². The minimum Gasteiger partial charge on any atom is -0.305 e. The van der Waals surface area contributed by atoms with Crippen molar-refractivity contribution in [1.82, 2.24) is 4.98 Å². The standard InChI is InChI=1S/C18H16ClF3N2O/c1-2-3-4-5-12-6-8-13(9-7-12)17(25)24-16-15(19)10-14(11-23-16)18(20,21)22/h4-11H,2-3H2,1H3,(H,23,24,25). The quantitative estimate of drug-likeness (QED) is 0.722. The van der Waals surface area contributed by atoms with E-state index in [1.807, 2.05) is 12.2 Å². The van der Waals surface area contributed by atoms with Crippen molar-refractivity contribution in [3.05, 3.63) is 64.3 Å². The molecule has 1 N–H and O–H groups in total. The number of benzene rings is 1. The molecule has 0 spiro atoms. The van der Waals surface area contributed by atoms with Crippen LogP contribution in [0.4, 0.5) is 19.0 Å². The molecular formula is C18H16ClF3N2O. The van der Waals surface area contributed by atoms with E-state index < -0.39 is 17.6 Å². The molecule has 3 nitrogen and oxygen atoms in total. The second kappa shape index (κ2) is 8.16. The maximum atomic E-state index is 12.6. The van der Waals surface area contributed by atoms with Gasteiger partial charge in [-0.05, 0) is 30.2 Å². The Kier molecular flexibility index (Phi) is 6.20. The minimum atomic E-state index is -4.54. The molecule has 1 amide bonds. The molecule has 0 saturated heterocycles. The second-order valence-electron chi connectivity index (χ2n) is 5.32. The average molecular weight is 369 g/mol. The fraction of sp³-hybridized carbons (Fsp3) is 0.222. The van der Waals surface area contributed by atoms with Gasteiger partial charge >= 0.3 is 6.18 Å². The lowest BCUT2D eigenvalue weighted by Gasteiger charge is -2.10. The first-order valence-electron chi connectivity index (χ1n) is 7.62. The van der Waals surface area contributed by atoms with E-state index in [1.165, 1.54) is 0 Å². The van der Waals surface area contributed by atoms with Gasteiger partial charge in [-0.2, -0.15) is 13.2 Å². The van der Waals surface area contributed by atoms with Crippen LogP contribution in [0.2, 0.25) is 5.02 Å². The smallest absolute Gasteiger partial charge is 0.305 e. The van der Waals surface area contributed by atoms with Gasteiger partial charge in [-0.3, -0.25) is 4.79 Å². The Bertz CT molecular complexity index is 771. The molecule has 0 unspecified atom stereocenters. The molecular weight excluding hydrogens is 353 g/mol. The fourth-order valence-electron chi connectivity index (χ4n) is 2.00.